The highest BCUT2D eigenvalue weighted by Crippen LogP contribution is 2.16. The average molecular weight is 347 g/mol. The van der Waals surface area contributed by atoms with Gasteiger partial charge in [0.2, 0.25) is 16.0 Å². The van der Waals surface area contributed by atoms with Crippen LogP contribution < -0.4 is 21.9 Å². The van der Waals surface area contributed by atoms with E-state index >= 15 is 0 Å². The molecule has 10 heteroatoms. The number of pyridine rings is 1. The highest BCUT2D eigenvalue weighted by molar-refractivity contribution is 7.89. The first-order valence-electron chi connectivity index (χ1n) is 6.80. The first kappa shape index (κ1) is 17.4. The van der Waals surface area contributed by atoms with Crippen molar-refractivity contribution >= 4 is 27.6 Å². The third-order valence-electron chi connectivity index (χ3n) is 2.80. The van der Waals surface area contributed by atoms with Gasteiger partial charge in [-0.25, -0.2) is 18.1 Å². The Morgan fingerprint density at radius 3 is 2.38 bits per heavy atom. The number of aliphatic imine (C=N–C) groups is 2. The summed E-state index contributed by atoms with van der Waals surface area (Å²) in [5.74, 6) is -0.340. The number of guanidine groups is 2. The van der Waals surface area contributed by atoms with Crippen molar-refractivity contribution in [3.63, 3.8) is 0 Å². The van der Waals surface area contributed by atoms with Crippen LogP contribution in [0, 0.1) is 0 Å². The average Bonchev–Trinajstić information content (AvgIpc) is 2.54. The van der Waals surface area contributed by atoms with Gasteiger partial charge >= 0.3 is 0 Å². The predicted molar refractivity (Wildman–Crippen MR) is 91.8 cm³/mol. The summed E-state index contributed by atoms with van der Waals surface area (Å²) >= 11 is 0. The van der Waals surface area contributed by atoms with Crippen LogP contribution in [0.25, 0.3) is 0 Å². The summed E-state index contributed by atoms with van der Waals surface area (Å²) in [6, 6.07) is 11.1. The second kappa shape index (κ2) is 7.53. The van der Waals surface area contributed by atoms with Gasteiger partial charge in [-0.2, -0.15) is 4.99 Å². The molecule has 2 rings (SSSR count). The van der Waals surface area contributed by atoms with Crippen molar-refractivity contribution in [2.45, 2.75) is 11.4 Å². The fourth-order valence-corrected chi connectivity index (χ4v) is 2.74. The van der Waals surface area contributed by atoms with Gasteiger partial charge in [-0.3, -0.25) is 4.98 Å². The van der Waals surface area contributed by atoms with Crippen LogP contribution in [-0.2, 0) is 16.6 Å². The van der Waals surface area contributed by atoms with Crippen molar-refractivity contribution in [1.82, 2.24) is 9.71 Å². The fourth-order valence-electron chi connectivity index (χ4n) is 1.74. The lowest BCUT2D eigenvalue weighted by molar-refractivity contribution is 0.580. The zero-order valence-corrected chi connectivity index (χ0v) is 13.4. The predicted octanol–water partition coefficient (Wildman–Crippen LogP) is -0.220. The standard InChI is InChI=1S/C14H17N7O2S/c15-13(16)21-14(17)20-10-4-6-12(7-5-10)24(22,23)19-9-11-3-1-2-8-18-11/h1-8,19H,9H2,(H6,15,16,17,20,21). The normalized spacial score (nSPS) is 11.9. The van der Waals surface area contributed by atoms with E-state index in [0.717, 1.165) is 0 Å². The molecule has 0 unspecified atom stereocenters. The first-order valence-corrected chi connectivity index (χ1v) is 8.28. The molecule has 0 aliphatic rings. The summed E-state index contributed by atoms with van der Waals surface area (Å²) < 4.78 is 26.9. The maximum absolute atomic E-state index is 12.2. The quantitative estimate of drug-likeness (QED) is 0.431. The number of hydrogen-bond acceptors (Lipinski definition) is 4. The molecule has 0 saturated heterocycles. The molecule has 1 aromatic heterocycles. The van der Waals surface area contributed by atoms with Gasteiger partial charge in [-0.15, -0.1) is 0 Å². The number of benzene rings is 1. The van der Waals surface area contributed by atoms with E-state index in [-0.39, 0.29) is 23.4 Å². The molecule has 24 heavy (non-hydrogen) atoms. The lowest BCUT2D eigenvalue weighted by Crippen LogP contribution is -2.26. The molecule has 0 bridgehead atoms. The van der Waals surface area contributed by atoms with Crippen LogP contribution in [0.3, 0.4) is 0 Å². The van der Waals surface area contributed by atoms with E-state index in [1.54, 1.807) is 24.4 Å². The maximum atomic E-state index is 12.2. The van der Waals surface area contributed by atoms with Gasteiger partial charge in [0.25, 0.3) is 0 Å². The van der Waals surface area contributed by atoms with Gasteiger partial charge < -0.3 is 17.2 Å². The minimum Gasteiger partial charge on any atom is -0.370 e. The van der Waals surface area contributed by atoms with E-state index in [4.69, 9.17) is 17.2 Å². The summed E-state index contributed by atoms with van der Waals surface area (Å²) in [5, 5.41) is 0. The van der Waals surface area contributed by atoms with Crippen molar-refractivity contribution in [1.29, 1.82) is 0 Å². The van der Waals surface area contributed by atoms with Gasteiger partial charge in [0.05, 0.1) is 22.8 Å². The molecule has 126 valence electrons. The third kappa shape index (κ3) is 5.04. The van der Waals surface area contributed by atoms with E-state index in [2.05, 4.69) is 19.7 Å². The number of hydrogen-bond donors (Lipinski definition) is 4. The molecule has 0 atom stereocenters. The number of aromatic nitrogens is 1. The van der Waals surface area contributed by atoms with Crippen LogP contribution in [0.1, 0.15) is 5.69 Å². The summed E-state index contributed by atoms with van der Waals surface area (Å²) in [7, 11) is -3.66. The van der Waals surface area contributed by atoms with Gasteiger partial charge in [-0.05, 0) is 36.4 Å². The molecule has 2 aromatic rings. The number of sulfonamides is 1. The van der Waals surface area contributed by atoms with Gasteiger partial charge in [0.15, 0.2) is 5.96 Å². The van der Waals surface area contributed by atoms with Gasteiger partial charge in [-0.1, -0.05) is 6.07 Å². The number of nitrogens with two attached hydrogens (primary N) is 3. The summed E-state index contributed by atoms with van der Waals surface area (Å²) in [6.45, 7) is 0.0977. The van der Waals surface area contributed by atoms with E-state index < -0.39 is 10.0 Å². The summed E-state index contributed by atoms with van der Waals surface area (Å²) in [6.07, 6.45) is 1.59. The molecule has 0 aliphatic carbocycles. The highest BCUT2D eigenvalue weighted by atomic mass is 32.2. The van der Waals surface area contributed by atoms with E-state index in [0.29, 0.717) is 11.4 Å². The molecule has 0 saturated carbocycles. The van der Waals surface area contributed by atoms with Gasteiger partial charge in [0.1, 0.15) is 0 Å². The second-order valence-electron chi connectivity index (χ2n) is 4.65. The Bertz CT molecular complexity index is 842. The largest absolute Gasteiger partial charge is 0.370 e. The fraction of sp³-hybridized carbons (Fsp3) is 0.0714. The molecule has 0 aliphatic heterocycles. The van der Waals surface area contributed by atoms with Crippen molar-refractivity contribution in [3.8, 4) is 0 Å². The van der Waals surface area contributed by atoms with Crippen molar-refractivity contribution < 1.29 is 8.42 Å². The Morgan fingerprint density at radius 1 is 1.08 bits per heavy atom. The smallest absolute Gasteiger partial charge is 0.240 e. The van der Waals surface area contributed by atoms with Crippen molar-refractivity contribution in [3.05, 3.63) is 54.4 Å². The Kier molecular flexibility index (Phi) is 5.45. The van der Waals surface area contributed by atoms with Crippen molar-refractivity contribution in [2.75, 3.05) is 0 Å². The van der Waals surface area contributed by atoms with Crippen LogP contribution >= 0.6 is 0 Å². The van der Waals surface area contributed by atoms with Crippen molar-refractivity contribution in [2.24, 2.45) is 27.2 Å². The molecule has 7 N–H and O–H groups in total. The summed E-state index contributed by atoms with van der Waals surface area (Å²) in [4.78, 5) is 11.7. The molecule has 0 fully saturated rings. The van der Waals surface area contributed by atoms with Crippen LogP contribution in [-0.4, -0.2) is 25.3 Å². The highest BCUT2D eigenvalue weighted by Gasteiger charge is 2.13. The van der Waals surface area contributed by atoms with Crippen LogP contribution in [0.4, 0.5) is 5.69 Å². The van der Waals surface area contributed by atoms with E-state index in [1.165, 1.54) is 24.3 Å². The third-order valence-corrected chi connectivity index (χ3v) is 4.22. The molecular formula is C14H17N7O2S. The lowest BCUT2D eigenvalue weighted by atomic mass is 10.3. The van der Waals surface area contributed by atoms with Crippen LogP contribution in [0.15, 0.2) is 63.5 Å². The Balaban J connectivity index is 2.10. The number of nitrogens with one attached hydrogen (secondary N) is 1. The van der Waals surface area contributed by atoms with E-state index in [9.17, 15) is 8.42 Å². The SMILES string of the molecule is NC(N)=NC(N)=Nc1ccc(S(=O)(=O)NCc2ccccn2)cc1. The Morgan fingerprint density at radius 2 is 1.79 bits per heavy atom. The Labute approximate surface area is 139 Å². The molecule has 1 aromatic carbocycles. The maximum Gasteiger partial charge on any atom is 0.240 e. The molecule has 0 radical (unpaired) electrons. The minimum atomic E-state index is -3.66. The topological polar surface area (TPSA) is 162 Å². The number of rotatable bonds is 5. The molecule has 0 amide bonds. The van der Waals surface area contributed by atoms with Gasteiger partial charge in [0, 0.05) is 6.20 Å². The van der Waals surface area contributed by atoms with E-state index in [1.807, 2.05) is 0 Å². The minimum absolute atomic E-state index is 0.0952. The number of nitrogens with zero attached hydrogens (tertiary/aromatic N) is 3. The molecular weight excluding hydrogens is 330 g/mol. The second-order valence-corrected chi connectivity index (χ2v) is 6.41. The lowest BCUT2D eigenvalue weighted by Gasteiger charge is -2.06. The first-order chi connectivity index (χ1) is 11.4. The zero-order chi connectivity index (χ0) is 17.6. The van der Waals surface area contributed by atoms with Crippen LogP contribution in [0.5, 0.6) is 0 Å². The molecule has 9 nitrogen and oxygen atoms in total. The zero-order valence-electron chi connectivity index (χ0n) is 12.6. The molecule has 0 spiro atoms. The Hall–Kier alpha value is -2.98. The summed E-state index contributed by atoms with van der Waals surface area (Å²) in [5.41, 5.74) is 16.9. The monoisotopic (exact) mass is 347 g/mol. The van der Waals surface area contributed by atoms with Crippen LogP contribution in [0.2, 0.25) is 0 Å². The molecule has 1 heterocycles.